The molecule has 0 aromatic heterocycles. The largest absolute Gasteiger partial charge is 0.480 e. The van der Waals surface area contributed by atoms with E-state index in [1.165, 1.54) is 0 Å². The first-order valence-electron chi connectivity index (χ1n) is 7.57. The lowest BCUT2D eigenvalue weighted by Crippen LogP contribution is -2.41. The highest BCUT2D eigenvalue weighted by molar-refractivity contribution is 5.80. The summed E-state index contributed by atoms with van der Waals surface area (Å²) in [7, 11) is 3.53. The zero-order valence-electron chi connectivity index (χ0n) is 13.9. The van der Waals surface area contributed by atoms with Crippen molar-refractivity contribution in [3.8, 4) is 0 Å². The van der Waals surface area contributed by atoms with Gasteiger partial charge < -0.3 is 25.8 Å². The van der Waals surface area contributed by atoms with E-state index in [0.717, 1.165) is 5.56 Å². The summed E-state index contributed by atoms with van der Waals surface area (Å²) < 4.78 is 5.02. The van der Waals surface area contributed by atoms with Crippen LogP contribution in [0.4, 0.5) is 4.79 Å². The lowest BCUT2D eigenvalue weighted by molar-refractivity contribution is -0.139. The molecule has 8 heteroatoms. The molecular weight excluding hydrogens is 312 g/mol. The van der Waals surface area contributed by atoms with E-state index in [-0.39, 0.29) is 13.0 Å². The van der Waals surface area contributed by atoms with Crippen molar-refractivity contribution in [2.24, 2.45) is 10.7 Å². The van der Waals surface area contributed by atoms with Gasteiger partial charge in [-0.3, -0.25) is 4.99 Å². The maximum Gasteiger partial charge on any atom is 0.408 e. The van der Waals surface area contributed by atoms with Crippen LogP contribution in [-0.2, 0) is 16.1 Å². The maximum absolute atomic E-state index is 11.7. The van der Waals surface area contributed by atoms with Crippen molar-refractivity contribution in [1.29, 1.82) is 0 Å². The number of nitrogens with two attached hydrogens (primary N) is 1. The molecule has 1 amide bonds. The number of guanidine groups is 1. The standard InChI is InChI=1S/C16H24N4O4/c1-20(2)15(17)18-10-6-9-13(14(21)22)19-16(23)24-11-12-7-4-3-5-8-12/h3-5,7-8,13H,6,9-11H2,1-2H3,(H2,17,18)(H,19,23)(H,21,22)/t13-/m0/s1. The summed E-state index contributed by atoms with van der Waals surface area (Å²) in [6, 6.07) is 8.12. The Morgan fingerprint density at radius 1 is 1.33 bits per heavy atom. The summed E-state index contributed by atoms with van der Waals surface area (Å²) in [6.07, 6.45) is -0.0488. The number of rotatable bonds is 8. The second-order valence-corrected chi connectivity index (χ2v) is 5.37. The highest BCUT2D eigenvalue weighted by Crippen LogP contribution is 2.03. The van der Waals surface area contributed by atoms with Gasteiger partial charge in [-0.05, 0) is 18.4 Å². The van der Waals surface area contributed by atoms with E-state index in [0.29, 0.717) is 18.9 Å². The van der Waals surface area contributed by atoms with Crippen LogP contribution in [0.5, 0.6) is 0 Å². The molecule has 0 radical (unpaired) electrons. The van der Waals surface area contributed by atoms with Gasteiger partial charge in [-0.2, -0.15) is 0 Å². The molecule has 24 heavy (non-hydrogen) atoms. The smallest absolute Gasteiger partial charge is 0.408 e. The van der Waals surface area contributed by atoms with Crippen molar-refractivity contribution in [1.82, 2.24) is 10.2 Å². The Bertz CT molecular complexity index is 560. The third-order valence-electron chi connectivity index (χ3n) is 3.19. The molecule has 0 aliphatic carbocycles. The van der Waals surface area contributed by atoms with Crippen molar-refractivity contribution < 1.29 is 19.4 Å². The molecule has 1 aromatic carbocycles. The first-order chi connectivity index (χ1) is 11.4. The number of hydrogen-bond acceptors (Lipinski definition) is 4. The van der Waals surface area contributed by atoms with Gasteiger partial charge >= 0.3 is 12.1 Å². The molecule has 0 bridgehead atoms. The number of amides is 1. The van der Waals surface area contributed by atoms with Gasteiger partial charge in [-0.1, -0.05) is 30.3 Å². The third kappa shape index (κ3) is 7.48. The van der Waals surface area contributed by atoms with E-state index in [4.69, 9.17) is 15.6 Å². The van der Waals surface area contributed by atoms with E-state index in [1.807, 2.05) is 30.3 Å². The van der Waals surface area contributed by atoms with Crippen molar-refractivity contribution in [2.75, 3.05) is 20.6 Å². The predicted molar refractivity (Wildman–Crippen MR) is 90.6 cm³/mol. The Balaban J connectivity index is 2.38. The summed E-state index contributed by atoms with van der Waals surface area (Å²) in [5, 5.41) is 11.5. The number of nitrogens with one attached hydrogen (secondary N) is 1. The van der Waals surface area contributed by atoms with Crippen LogP contribution in [0.1, 0.15) is 18.4 Å². The van der Waals surface area contributed by atoms with Crippen LogP contribution in [0.2, 0.25) is 0 Å². The van der Waals surface area contributed by atoms with Crippen LogP contribution >= 0.6 is 0 Å². The molecule has 1 rings (SSSR count). The second-order valence-electron chi connectivity index (χ2n) is 5.37. The Labute approximate surface area is 141 Å². The molecule has 0 saturated heterocycles. The molecule has 1 atom stereocenters. The number of ether oxygens (including phenoxy) is 1. The number of aliphatic imine (C=N–C) groups is 1. The van der Waals surface area contributed by atoms with Gasteiger partial charge in [0.15, 0.2) is 5.96 Å². The van der Waals surface area contributed by atoms with Gasteiger partial charge in [0.25, 0.3) is 0 Å². The van der Waals surface area contributed by atoms with Crippen molar-refractivity contribution >= 4 is 18.0 Å². The number of aliphatic carboxylic acids is 1. The number of benzene rings is 1. The zero-order chi connectivity index (χ0) is 17.9. The molecule has 1 aromatic rings. The Hall–Kier alpha value is -2.77. The Morgan fingerprint density at radius 2 is 2.00 bits per heavy atom. The van der Waals surface area contributed by atoms with Crippen LogP contribution in [-0.4, -0.2) is 54.7 Å². The number of carboxylic acids is 1. The molecule has 0 saturated carbocycles. The average molecular weight is 336 g/mol. The van der Waals surface area contributed by atoms with Gasteiger partial charge in [-0.25, -0.2) is 9.59 Å². The number of nitrogens with zero attached hydrogens (tertiary/aromatic N) is 2. The van der Waals surface area contributed by atoms with Crippen LogP contribution in [0, 0.1) is 0 Å². The lowest BCUT2D eigenvalue weighted by atomic mass is 10.1. The highest BCUT2D eigenvalue weighted by Gasteiger charge is 2.20. The van der Waals surface area contributed by atoms with Crippen molar-refractivity contribution in [2.45, 2.75) is 25.5 Å². The maximum atomic E-state index is 11.7. The molecule has 0 aliphatic heterocycles. The summed E-state index contributed by atoms with van der Waals surface area (Å²) in [5.41, 5.74) is 6.47. The minimum absolute atomic E-state index is 0.0860. The van der Waals surface area contributed by atoms with Crippen LogP contribution in [0.25, 0.3) is 0 Å². The lowest BCUT2D eigenvalue weighted by Gasteiger charge is -2.14. The fraction of sp³-hybridized carbons (Fsp3) is 0.438. The fourth-order valence-corrected chi connectivity index (χ4v) is 1.79. The predicted octanol–water partition coefficient (Wildman–Crippen LogP) is 1.02. The number of hydrogen-bond donors (Lipinski definition) is 3. The molecule has 4 N–H and O–H groups in total. The van der Waals surface area contributed by atoms with Gasteiger partial charge in [0.05, 0.1) is 0 Å². The monoisotopic (exact) mass is 336 g/mol. The third-order valence-corrected chi connectivity index (χ3v) is 3.19. The Morgan fingerprint density at radius 3 is 2.58 bits per heavy atom. The number of carboxylic acid groups (broad SMARTS) is 1. The number of alkyl carbamates (subject to hydrolysis) is 1. The molecule has 0 unspecified atom stereocenters. The molecular formula is C16H24N4O4. The topological polar surface area (TPSA) is 117 Å². The molecule has 0 heterocycles. The van der Waals surface area contributed by atoms with E-state index < -0.39 is 18.1 Å². The van der Waals surface area contributed by atoms with Gasteiger partial charge in [0, 0.05) is 20.6 Å². The average Bonchev–Trinajstić information content (AvgIpc) is 2.56. The van der Waals surface area contributed by atoms with Crippen molar-refractivity contribution in [3.05, 3.63) is 35.9 Å². The van der Waals surface area contributed by atoms with E-state index in [9.17, 15) is 9.59 Å². The fourth-order valence-electron chi connectivity index (χ4n) is 1.79. The van der Waals surface area contributed by atoms with Gasteiger partial charge in [0.1, 0.15) is 12.6 Å². The number of carbonyl (C=O) groups is 2. The van der Waals surface area contributed by atoms with E-state index >= 15 is 0 Å². The molecule has 0 spiro atoms. The zero-order valence-corrected chi connectivity index (χ0v) is 13.9. The normalized spacial score (nSPS) is 12.3. The van der Waals surface area contributed by atoms with Crippen LogP contribution < -0.4 is 11.1 Å². The Kier molecular flexibility index (Phi) is 8.10. The SMILES string of the molecule is CN(C)C(N)=NCCC[C@H](NC(=O)OCc1ccccc1)C(=O)O. The summed E-state index contributed by atoms with van der Waals surface area (Å²) in [4.78, 5) is 28.7. The minimum atomic E-state index is -1.11. The number of carbonyl (C=O) groups excluding carboxylic acids is 1. The minimum Gasteiger partial charge on any atom is -0.480 e. The first-order valence-corrected chi connectivity index (χ1v) is 7.57. The summed E-state index contributed by atoms with van der Waals surface area (Å²) >= 11 is 0. The van der Waals surface area contributed by atoms with Crippen LogP contribution in [0.15, 0.2) is 35.3 Å². The van der Waals surface area contributed by atoms with Crippen molar-refractivity contribution in [3.63, 3.8) is 0 Å². The molecule has 0 fully saturated rings. The van der Waals surface area contributed by atoms with Gasteiger partial charge in [-0.15, -0.1) is 0 Å². The van der Waals surface area contributed by atoms with Crippen LogP contribution in [0.3, 0.4) is 0 Å². The van der Waals surface area contributed by atoms with Gasteiger partial charge in [0.2, 0.25) is 0 Å². The first kappa shape index (κ1) is 19.3. The molecule has 132 valence electrons. The highest BCUT2D eigenvalue weighted by atomic mass is 16.5. The molecule has 0 aliphatic rings. The quantitative estimate of drug-likeness (QED) is 0.371. The summed E-state index contributed by atoms with van der Waals surface area (Å²) in [5.74, 6) is -0.742. The second kappa shape index (κ2) is 10.1. The molecule has 8 nitrogen and oxygen atoms in total. The summed E-state index contributed by atoms with van der Waals surface area (Å²) in [6.45, 7) is 0.469. The van der Waals surface area contributed by atoms with E-state index in [1.54, 1.807) is 19.0 Å². The van der Waals surface area contributed by atoms with E-state index in [2.05, 4.69) is 10.3 Å².